The van der Waals surface area contributed by atoms with Crippen molar-refractivity contribution in [2.75, 3.05) is 13.7 Å². The van der Waals surface area contributed by atoms with E-state index in [1.165, 1.54) is 6.07 Å². The van der Waals surface area contributed by atoms with Crippen LogP contribution in [0.15, 0.2) is 18.2 Å². The van der Waals surface area contributed by atoms with E-state index in [0.717, 1.165) is 12.1 Å². The Morgan fingerprint density at radius 2 is 2.05 bits per heavy atom. The van der Waals surface area contributed by atoms with Crippen LogP contribution in [0.2, 0.25) is 0 Å². The van der Waals surface area contributed by atoms with Gasteiger partial charge in [-0.3, -0.25) is 10.1 Å². The molecule has 0 spiro atoms. The minimum absolute atomic E-state index is 0.0921. The number of hydrogen-bond donors (Lipinski definition) is 1. The number of hydrogen-bond acceptors (Lipinski definition) is 4. The van der Waals surface area contributed by atoms with Gasteiger partial charge in [0.2, 0.25) is 0 Å². The number of benzene rings is 1. The maximum Gasteiger partial charge on any atom is 0.270 e. The van der Waals surface area contributed by atoms with Crippen LogP contribution in [-0.4, -0.2) is 18.6 Å². The summed E-state index contributed by atoms with van der Waals surface area (Å²) in [6, 6.07) is 4.66. The molecule has 106 valence electrons. The molecule has 0 aliphatic carbocycles. The van der Waals surface area contributed by atoms with Crippen LogP contribution >= 0.6 is 0 Å². The van der Waals surface area contributed by atoms with Gasteiger partial charge < -0.3 is 10.1 Å². The van der Waals surface area contributed by atoms with Crippen molar-refractivity contribution in [3.05, 3.63) is 33.9 Å². The summed E-state index contributed by atoms with van der Waals surface area (Å²) < 4.78 is 5.22. The summed E-state index contributed by atoms with van der Waals surface area (Å²) in [4.78, 5) is 10.4. The topological polar surface area (TPSA) is 64.4 Å². The highest BCUT2D eigenvalue weighted by Crippen LogP contribution is 2.23. The van der Waals surface area contributed by atoms with E-state index in [4.69, 9.17) is 4.74 Å². The quantitative estimate of drug-likeness (QED) is 0.608. The summed E-state index contributed by atoms with van der Waals surface area (Å²) in [7, 11) is 1.57. The van der Waals surface area contributed by atoms with Gasteiger partial charge in [-0.1, -0.05) is 20.8 Å². The van der Waals surface area contributed by atoms with E-state index >= 15 is 0 Å². The third kappa shape index (κ3) is 4.52. The van der Waals surface area contributed by atoms with Gasteiger partial charge in [0, 0.05) is 24.2 Å². The van der Waals surface area contributed by atoms with Crippen LogP contribution in [-0.2, 0) is 6.54 Å². The molecule has 1 aromatic carbocycles. The number of rotatable bonds is 7. The third-order valence-electron chi connectivity index (χ3n) is 3.39. The van der Waals surface area contributed by atoms with Gasteiger partial charge in [0.1, 0.15) is 5.75 Å². The number of methoxy groups -OCH3 is 1. The highest BCUT2D eigenvalue weighted by atomic mass is 16.6. The van der Waals surface area contributed by atoms with Gasteiger partial charge in [-0.2, -0.15) is 0 Å². The first-order valence-electron chi connectivity index (χ1n) is 6.47. The normalized spacial score (nSPS) is 12.5. The van der Waals surface area contributed by atoms with Crippen LogP contribution in [0.4, 0.5) is 5.69 Å². The first-order chi connectivity index (χ1) is 8.95. The van der Waals surface area contributed by atoms with E-state index in [1.807, 2.05) is 0 Å². The van der Waals surface area contributed by atoms with E-state index in [1.54, 1.807) is 19.2 Å². The van der Waals surface area contributed by atoms with Gasteiger partial charge in [0.05, 0.1) is 12.0 Å². The second kappa shape index (κ2) is 7.09. The number of nitro benzene ring substituents is 1. The molecule has 0 radical (unpaired) electrons. The lowest BCUT2D eigenvalue weighted by Crippen LogP contribution is -2.24. The fraction of sp³-hybridized carbons (Fsp3) is 0.571. The Labute approximate surface area is 114 Å². The Morgan fingerprint density at radius 3 is 2.58 bits per heavy atom. The minimum Gasteiger partial charge on any atom is -0.496 e. The van der Waals surface area contributed by atoms with Crippen LogP contribution < -0.4 is 10.1 Å². The Bertz CT molecular complexity index is 433. The average molecular weight is 266 g/mol. The predicted molar refractivity (Wildman–Crippen MR) is 75.4 cm³/mol. The number of nitrogens with zero attached hydrogens (tertiary/aromatic N) is 1. The molecular formula is C14H22N2O3. The van der Waals surface area contributed by atoms with Crippen molar-refractivity contribution in [3.8, 4) is 5.75 Å². The molecule has 0 aliphatic rings. The molecule has 1 aromatic rings. The molecule has 1 unspecified atom stereocenters. The fourth-order valence-corrected chi connectivity index (χ4v) is 1.69. The van der Waals surface area contributed by atoms with Gasteiger partial charge in [-0.05, 0) is 24.4 Å². The molecule has 5 nitrogen and oxygen atoms in total. The van der Waals surface area contributed by atoms with Crippen molar-refractivity contribution in [3.63, 3.8) is 0 Å². The van der Waals surface area contributed by atoms with E-state index < -0.39 is 0 Å². The zero-order chi connectivity index (χ0) is 14.4. The molecule has 1 rings (SSSR count). The average Bonchev–Trinajstić information content (AvgIpc) is 2.38. The van der Waals surface area contributed by atoms with Crippen LogP contribution in [0.5, 0.6) is 5.75 Å². The number of ether oxygens (including phenoxy) is 1. The first-order valence-corrected chi connectivity index (χ1v) is 6.47. The van der Waals surface area contributed by atoms with Gasteiger partial charge in [-0.25, -0.2) is 0 Å². The Morgan fingerprint density at radius 1 is 1.37 bits per heavy atom. The fourth-order valence-electron chi connectivity index (χ4n) is 1.69. The second-order valence-corrected chi connectivity index (χ2v) is 5.11. The highest BCUT2D eigenvalue weighted by molar-refractivity contribution is 5.43. The maximum atomic E-state index is 10.8. The van der Waals surface area contributed by atoms with Crippen LogP contribution in [0.25, 0.3) is 0 Å². The van der Waals surface area contributed by atoms with Crippen LogP contribution in [0.1, 0.15) is 26.3 Å². The minimum atomic E-state index is -0.389. The molecule has 5 heteroatoms. The SMILES string of the molecule is COc1ccc([N+](=O)[O-])cc1CNCC(C)C(C)C. The van der Waals surface area contributed by atoms with E-state index in [2.05, 4.69) is 26.1 Å². The zero-order valence-corrected chi connectivity index (χ0v) is 12.0. The van der Waals surface area contributed by atoms with Gasteiger partial charge in [-0.15, -0.1) is 0 Å². The van der Waals surface area contributed by atoms with Gasteiger partial charge in [0.25, 0.3) is 5.69 Å². The highest BCUT2D eigenvalue weighted by Gasteiger charge is 2.12. The lowest BCUT2D eigenvalue weighted by atomic mass is 9.98. The summed E-state index contributed by atoms with van der Waals surface area (Å²) in [5.41, 5.74) is 0.905. The third-order valence-corrected chi connectivity index (χ3v) is 3.39. The largest absolute Gasteiger partial charge is 0.496 e. The summed E-state index contributed by atoms with van der Waals surface area (Å²) in [6.07, 6.45) is 0. The van der Waals surface area contributed by atoms with Crippen molar-refractivity contribution >= 4 is 5.69 Å². The summed E-state index contributed by atoms with van der Waals surface area (Å²) in [5, 5.41) is 14.1. The van der Waals surface area contributed by atoms with E-state index in [9.17, 15) is 10.1 Å². The van der Waals surface area contributed by atoms with Crippen molar-refractivity contribution in [2.45, 2.75) is 27.3 Å². The molecule has 1 N–H and O–H groups in total. The Hall–Kier alpha value is -1.62. The number of non-ortho nitro benzene ring substituents is 1. The summed E-state index contributed by atoms with van der Waals surface area (Å²) >= 11 is 0. The Kier molecular flexibility index (Phi) is 5.76. The zero-order valence-electron chi connectivity index (χ0n) is 12.0. The van der Waals surface area contributed by atoms with Crippen molar-refractivity contribution in [1.82, 2.24) is 5.32 Å². The standard InChI is InChI=1S/C14H22N2O3/c1-10(2)11(3)8-15-9-12-7-13(16(17)18)5-6-14(12)19-4/h5-7,10-11,15H,8-9H2,1-4H3. The second-order valence-electron chi connectivity index (χ2n) is 5.11. The van der Waals surface area contributed by atoms with E-state index in [0.29, 0.717) is 24.1 Å². The molecule has 19 heavy (non-hydrogen) atoms. The maximum absolute atomic E-state index is 10.8. The number of nitro groups is 1. The van der Waals surface area contributed by atoms with E-state index in [-0.39, 0.29) is 10.6 Å². The summed E-state index contributed by atoms with van der Waals surface area (Å²) in [5.74, 6) is 1.85. The predicted octanol–water partition coefficient (Wildman–Crippen LogP) is 2.99. The molecule has 0 aliphatic heterocycles. The first kappa shape index (κ1) is 15.4. The lowest BCUT2D eigenvalue weighted by Gasteiger charge is -2.16. The van der Waals surface area contributed by atoms with Crippen LogP contribution in [0, 0.1) is 22.0 Å². The molecule has 0 bridgehead atoms. The smallest absolute Gasteiger partial charge is 0.270 e. The Balaban J connectivity index is 2.70. The van der Waals surface area contributed by atoms with Crippen molar-refractivity contribution < 1.29 is 9.66 Å². The van der Waals surface area contributed by atoms with Crippen LogP contribution in [0.3, 0.4) is 0 Å². The molecule has 1 atom stereocenters. The lowest BCUT2D eigenvalue weighted by molar-refractivity contribution is -0.384. The molecule has 0 saturated carbocycles. The van der Waals surface area contributed by atoms with Gasteiger partial charge in [0.15, 0.2) is 0 Å². The number of nitrogens with one attached hydrogen (secondary N) is 1. The molecule has 0 amide bonds. The monoisotopic (exact) mass is 266 g/mol. The molecule has 0 saturated heterocycles. The molecule has 0 aromatic heterocycles. The van der Waals surface area contributed by atoms with Gasteiger partial charge >= 0.3 is 0 Å². The van der Waals surface area contributed by atoms with Crippen molar-refractivity contribution in [2.24, 2.45) is 11.8 Å². The van der Waals surface area contributed by atoms with Crippen molar-refractivity contribution in [1.29, 1.82) is 0 Å². The molecular weight excluding hydrogens is 244 g/mol. The molecule has 0 heterocycles. The summed E-state index contributed by atoms with van der Waals surface area (Å²) in [6.45, 7) is 7.99. The molecule has 0 fully saturated rings.